The van der Waals surface area contributed by atoms with Gasteiger partial charge in [0, 0.05) is 6.16 Å². The highest BCUT2D eigenvalue weighted by molar-refractivity contribution is 7.67. The fourth-order valence-electron chi connectivity index (χ4n) is 1.00. The Kier molecular flexibility index (Phi) is 6.94. The molecule has 1 atom stereocenters. The topological polar surface area (TPSA) is 26.3 Å². The summed E-state index contributed by atoms with van der Waals surface area (Å²) in [6, 6.07) is 0. The van der Waals surface area contributed by atoms with Gasteiger partial charge in [0.05, 0.1) is 0 Å². The standard InChI is InChI=1S/C8H8Cl3F8O2P/c1-2-22(20,8(9,10)11)21-3-5(14,15)7(18,19)6(16,17)4(12)13/h4H,2-3H2,1H3. The Hall–Kier alpha value is 0.500. The maximum atomic E-state index is 13.2. The van der Waals surface area contributed by atoms with Crippen molar-refractivity contribution in [2.24, 2.45) is 0 Å². The molecule has 0 aliphatic carbocycles. The smallest absolute Gasteiger partial charge is 0.319 e. The van der Waals surface area contributed by atoms with Crippen molar-refractivity contribution in [2.45, 2.75) is 34.7 Å². The van der Waals surface area contributed by atoms with Crippen molar-refractivity contribution in [2.75, 3.05) is 12.8 Å². The van der Waals surface area contributed by atoms with Crippen LogP contribution in [0.25, 0.3) is 0 Å². The van der Waals surface area contributed by atoms with Gasteiger partial charge in [-0.15, -0.1) is 0 Å². The molecule has 0 spiro atoms. The molecule has 0 radical (unpaired) electrons. The molecule has 1 unspecified atom stereocenters. The predicted octanol–water partition coefficient (Wildman–Crippen LogP) is 5.80. The van der Waals surface area contributed by atoms with E-state index in [4.69, 9.17) is 34.8 Å². The molecule has 0 aromatic carbocycles. The van der Waals surface area contributed by atoms with Gasteiger partial charge >= 0.3 is 24.2 Å². The second kappa shape index (κ2) is 6.78. The van der Waals surface area contributed by atoms with E-state index in [1.54, 1.807) is 0 Å². The monoisotopic (exact) mass is 424 g/mol. The summed E-state index contributed by atoms with van der Waals surface area (Å²) in [6.45, 7) is -1.59. The molecule has 0 N–H and O–H groups in total. The minimum Gasteiger partial charge on any atom is -0.319 e. The molecule has 0 aliphatic heterocycles. The summed E-state index contributed by atoms with van der Waals surface area (Å²) in [6.07, 6.45) is -5.78. The molecule has 0 bridgehead atoms. The van der Waals surface area contributed by atoms with Crippen molar-refractivity contribution in [3.05, 3.63) is 0 Å². The molecule has 2 nitrogen and oxygen atoms in total. The predicted molar refractivity (Wildman–Crippen MR) is 65.2 cm³/mol. The van der Waals surface area contributed by atoms with Gasteiger partial charge < -0.3 is 4.52 Å². The van der Waals surface area contributed by atoms with Crippen LogP contribution in [-0.4, -0.2) is 40.5 Å². The van der Waals surface area contributed by atoms with E-state index in [0.29, 0.717) is 0 Å². The first kappa shape index (κ1) is 22.5. The van der Waals surface area contributed by atoms with E-state index in [-0.39, 0.29) is 0 Å². The van der Waals surface area contributed by atoms with Gasteiger partial charge in [0.15, 0.2) is 0 Å². The normalized spacial score (nSPS) is 17.7. The van der Waals surface area contributed by atoms with Crippen LogP contribution in [0.1, 0.15) is 6.92 Å². The number of halogens is 11. The van der Waals surface area contributed by atoms with Crippen molar-refractivity contribution >= 4 is 42.2 Å². The maximum absolute atomic E-state index is 13.2. The van der Waals surface area contributed by atoms with Gasteiger partial charge in [-0.25, -0.2) is 8.78 Å². The SMILES string of the molecule is CCP(=O)(OCC(F)(F)C(F)(F)C(F)(F)C(F)F)C(Cl)(Cl)Cl. The number of alkyl halides is 11. The Morgan fingerprint density at radius 3 is 1.73 bits per heavy atom. The summed E-state index contributed by atoms with van der Waals surface area (Å²) in [7, 11) is -4.58. The van der Waals surface area contributed by atoms with Gasteiger partial charge in [0.2, 0.25) is 0 Å². The largest absolute Gasteiger partial charge is 0.380 e. The lowest BCUT2D eigenvalue weighted by atomic mass is 10.1. The quantitative estimate of drug-likeness (QED) is 0.293. The van der Waals surface area contributed by atoms with Crippen LogP contribution in [0, 0.1) is 0 Å². The molecular formula is C8H8Cl3F8O2P. The highest BCUT2D eigenvalue weighted by atomic mass is 35.6. The molecule has 14 heteroatoms. The van der Waals surface area contributed by atoms with Gasteiger partial charge in [-0.1, -0.05) is 41.7 Å². The first-order chi connectivity index (χ1) is 9.46. The molecular weight excluding hydrogens is 417 g/mol. The fraction of sp³-hybridized carbons (Fsp3) is 1.00. The molecule has 0 amide bonds. The number of hydrogen-bond acceptors (Lipinski definition) is 2. The first-order valence-corrected chi connectivity index (χ1v) is 8.12. The Morgan fingerprint density at radius 1 is 1.05 bits per heavy atom. The lowest BCUT2D eigenvalue weighted by Gasteiger charge is -2.33. The highest BCUT2D eigenvalue weighted by Crippen LogP contribution is 2.66. The summed E-state index contributed by atoms with van der Waals surface area (Å²) in [5.41, 5.74) is 0. The maximum Gasteiger partial charge on any atom is 0.380 e. The molecule has 0 fully saturated rings. The van der Waals surface area contributed by atoms with Crippen LogP contribution in [0.4, 0.5) is 35.1 Å². The van der Waals surface area contributed by atoms with Crippen LogP contribution in [0.3, 0.4) is 0 Å². The molecule has 0 aliphatic rings. The van der Waals surface area contributed by atoms with Crippen molar-refractivity contribution < 1.29 is 44.2 Å². The zero-order valence-corrected chi connectivity index (χ0v) is 13.6. The molecule has 0 saturated carbocycles. The van der Waals surface area contributed by atoms with E-state index < -0.39 is 47.9 Å². The molecule has 0 aromatic rings. The van der Waals surface area contributed by atoms with Crippen LogP contribution in [-0.2, 0) is 9.09 Å². The molecule has 0 rings (SSSR count). The Morgan fingerprint density at radius 2 is 1.45 bits per heavy atom. The molecule has 0 saturated heterocycles. The summed E-state index contributed by atoms with van der Waals surface area (Å²) >= 11 is 15.5. The van der Waals surface area contributed by atoms with Gasteiger partial charge in [-0.3, -0.25) is 4.57 Å². The van der Waals surface area contributed by atoms with Crippen molar-refractivity contribution in [1.82, 2.24) is 0 Å². The summed E-state index contributed by atoms with van der Waals surface area (Å²) in [5, 5.41) is 0. The minimum atomic E-state index is -6.49. The lowest BCUT2D eigenvalue weighted by molar-refractivity contribution is -0.342. The van der Waals surface area contributed by atoms with E-state index in [9.17, 15) is 39.7 Å². The number of rotatable bonds is 7. The van der Waals surface area contributed by atoms with Gasteiger partial charge in [0.1, 0.15) is 6.61 Å². The van der Waals surface area contributed by atoms with Gasteiger partial charge in [0.25, 0.3) is 10.9 Å². The van der Waals surface area contributed by atoms with E-state index in [2.05, 4.69) is 4.52 Å². The summed E-state index contributed by atoms with van der Waals surface area (Å²) < 4.78 is 114. The third-order valence-electron chi connectivity index (χ3n) is 2.41. The Balaban J connectivity index is 5.41. The van der Waals surface area contributed by atoms with E-state index in [1.165, 1.54) is 0 Å². The Bertz CT molecular complexity index is 440. The fourth-order valence-corrected chi connectivity index (χ4v) is 3.57. The third-order valence-corrected chi connectivity index (χ3v) is 6.88. The average molecular weight is 425 g/mol. The molecule has 22 heavy (non-hydrogen) atoms. The van der Waals surface area contributed by atoms with Crippen LogP contribution >= 0.6 is 42.2 Å². The summed E-state index contributed by atoms with van der Waals surface area (Å²) in [5.74, 6) is -18.6. The summed E-state index contributed by atoms with van der Waals surface area (Å²) in [4.78, 5) is 0. The van der Waals surface area contributed by atoms with Crippen LogP contribution in [0.2, 0.25) is 0 Å². The molecule has 134 valence electrons. The molecule has 0 heterocycles. The van der Waals surface area contributed by atoms with Crippen molar-refractivity contribution in [3.63, 3.8) is 0 Å². The molecule has 0 aromatic heterocycles. The van der Waals surface area contributed by atoms with Gasteiger partial charge in [-0.05, 0) is 0 Å². The highest BCUT2D eigenvalue weighted by Gasteiger charge is 2.75. The first-order valence-electron chi connectivity index (χ1n) is 5.18. The third kappa shape index (κ3) is 4.12. The zero-order chi connectivity index (χ0) is 18.2. The Labute approximate surface area is 134 Å². The zero-order valence-electron chi connectivity index (χ0n) is 10.4. The van der Waals surface area contributed by atoms with Crippen LogP contribution in [0.5, 0.6) is 0 Å². The van der Waals surface area contributed by atoms with Crippen LogP contribution in [0.15, 0.2) is 0 Å². The van der Waals surface area contributed by atoms with E-state index >= 15 is 0 Å². The lowest BCUT2D eigenvalue weighted by Crippen LogP contribution is -2.59. The average Bonchev–Trinajstić information content (AvgIpc) is 2.33. The van der Waals surface area contributed by atoms with E-state index in [0.717, 1.165) is 6.92 Å². The second-order valence-corrected chi connectivity index (χ2v) is 9.91. The van der Waals surface area contributed by atoms with Crippen molar-refractivity contribution in [3.8, 4) is 0 Å². The second-order valence-electron chi connectivity index (χ2n) is 3.93. The van der Waals surface area contributed by atoms with Gasteiger partial charge in [-0.2, -0.15) is 26.3 Å². The van der Waals surface area contributed by atoms with E-state index in [1.807, 2.05) is 0 Å². The minimum absolute atomic E-state index is 0.712. The number of hydrogen-bond donors (Lipinski definition) is 0. The van der Waals surface area contributed by atoms with Crippen molar-refractivity contribution in [1.29, 1.82) is 0 Å². The van der Waals surface area contributed by atoms with Crippen LogP contribution < -0.4 is 0 Å².